The summed E-state index contributed by atoms with van der Waals surface area (Å²) in [5.74, 6) is -0.965. The van der Waals surface area contributed by atoms with Gasteiger partial charge in [-0.25, -0.2) is 13.2 Å². The number of benzene rings is 3. The molecule has 0 atom stereocenters. The van der Waals surface area contributed by atoms with Crippen LogP contribution in [0.2, 0.25) is 5.02 Å². The van der Waals surface area contributed by atoms with Crippen LogP contribution in [0.5, 0.6) is 5.75 Å². The third-order valence-electron chi connectivity index (χ3n) is 4.64. The normalized spacial score (nSPS) is 10.9. The summed E-state index contributed by atoms with van der Waals surface area (Å²) in [5, 5.41) is 2.95. The van der Waals surface area contributed by atoms with E-state index in [0.717, 1.165) is 4.31 Å². The Hall–Kier alpha value is -3.56. The Morgan fingerprint density at radius 3 is 2.30 bits per heavy atom. The van der Waals surface area contributed by atoms with Gasteiger partial charge in [-0.15, -0.1) is 0 Å². The van der Waals surface area contributed by atoms with Crippen LogP contribution >= 0.6 is 11.6 Å². The Labute approximate surface area is 196 Å². The molecule has 8 nitrogen and oxygen atoms in total. The molecule has 0 aromatic heterocycles. The van der Waals surface area contributed by atoms with Crippen LogP contribution in [0.4, 0.5) is 11.4 Å². The Morgan fingerprint density at radius 1 is 1.00 bits per heavy atom. The first-order valence-corrected chi connectivity index (χ1v) is 11.5. The largest absolute Gasteiger partial charge is 0.495 e. The highest BCUT2D eigenvalue weighted by molar-refractivity contribution is 7.92. The fourth-order valence-electron chi connectivity index (χ4n) is 2.88. The van der Waals surface area contributed by atoms with Gasteiger partial charge < -0.3 is 14.8 Å². The Bertz CT molecular complexity index is 1250. The fraction of sp³-hybridized carbons (Fsp3) is 0.130. The fourth-order valence-corrected chi connectivity index (χ4v) is 4.24. The number of ether oxygens (including phenoxy) is 2. The zero-order chi connectivity index (χ0) is 24.0. The van der Waals surface area contributed by atoms with Crippen molar-refractivity contribution in [2.75, 3.05) is 30.4 Å². The molecule has 1 amide bonds. The molecular weight excluding hydrogens is 468 g/mol. The average molecular weight is 489 g/mol. The topological polar surface area (TPSA) is 102 Å². The van der Waals surface area contributed by atoms with Crippen LogP contribution in [0.3, 0.4) is 0 Å². The molecule has 0 aliphatic carbocycles. The SMILES string of the molecule is COc1ccc(Cl)cc1NC(=O)COC(=O)c1ccc(S(=O)(=O)N(C)c2ccccc2)cc1. The molecule has 33 heavy (non-hydrogen) atoms. The second-order valence-electron chi connectivity index (χ2n) is 6.80. The molecule has 0 spiro atoms. The lowest BCUT2D eigenvalue weighted by molar-refractivity contribution is -0.119. The smallest absolute Gasteiger partial charge is 0.338 e. The minimum Gasteiger partial charge on any atom is -0.495 e. The summed E-state index contributed by atoms with van der Waals surface area (Å²) in [5.41, 5.74) is 0.941. The molecule has 10 heteroatoms. The Balaban J connectivity index is 1.62. The molecule has 0 fully saturated rings. The monoisotopic (exact) mass is 488 g/mol. The first kappa shape index (κ1) is 24.1. The molecule has 0 saturated carbocycles. The van der Waals surface area contributed by atoms with Gasteiger partial charge in [0.05, 0.1) is 28.9 Å². The van der Waals surface area contributed by atoms with E-state index in [1.807, 2.05) is 0 Å². The van der Waals surface area contributed by atoms with Crippen molar-refractivity contribution in [1.29, 1.82) is 0 Å². The van der Waals surface area contributed by atoms with Crippen molar-refractivity contribution in [2.45, 2.75) is 4.90 Å². The van der Waals surface area contributed by atoms with E-state index in [1.54, 1.807) is 42.5 Å². The number of amides is 1. The molecule has 3 rings (SSSR count). The van der Waals surface area contributed by atoms with E-state index in [1.165, 1.54) is 44.5 Å². The Kier molecular flexibility index (Phi) is 7.57. The van der Waals surface area contributed by atoms with E-state index in [0.29, 0.717) is 22.1 Å². The summed E-state index contributed by atoms with van der Waals surface area (Å²) in [6.45, 7) is -0.550. The molecule has 0 aliphatic rings. The summed E-state index contributed by atoms with van der Waals surface area (Å²) in [6, 6.07) is 18.6. The number of halogens is 1. The molecule has 0 aliphatic heterocycles. The highest BCUT2D eigenvalue weighted by atomic mass is 35.5. The van der Waals surface area contributed by atoms with Gasteiger partial charge in [-0.1, -0.05) is 29.8 Å². The predicted octanol–water partition coefficient (Wildman–Crippen LogP) is 3.97. The third-order valence-corrected chi connectivity index (χ3v) is 6.67. The number of hydrogen-bond acceptors (Lipinski definition) is 6. The third kappa shape index (κ3) is 5.82. The minimum atomic E-state index is -3.81. The molecule has 0 unspecified atom stereocenters. The predicted molar refractivity (Wildman–Crippen MR) is 125 cm³/mol. The van der Waals surface area contributed by atoms with Crippen LogP contribution in [0.25, 0.3) is 0 Å². The summed E-state index contributed by atoms with van der Waals surface area (Å²) in [4.78, 5) is 24.4. The molecular formula is C23H21ClN2O6S. The van der Waals surface area contributed by atoms with Crippen LogP contribution in [0, 0.1) is 0 Å². The molecule has 0 heterocycles. The maximum atomic E-state index is 12.8. The van der Waals surface area contributed by atoms with E-state index < -0.39 is 28.5 Å². The number of carbonyl (C=O) groups is 2. The number of nitrogens with zero attached hydrogens (tertiary/aromatic N) is 1. The van der Waals surface area contributed by atoms with Gasteiger partial charge in [0, 0.05) is 12.1 Å². The zero-order valence-electron chi connectivity index (χ0n) is 17.8. The summed E-state index contributed by atoms with van der Waals surface area (Å²) in [6.07, 6.45) is 0. The number of hydrogen-bond donors (Lipinski definition) is 1. The highest BCUT2D eigenvalue weighted by Gasteiger charge is 2.22. The van der Waals surface area contributed by atoms with Gasteiger partial charge in [-0.05, 0) is 54.6 Å². The molecule has 0 bridgehead atoms. The highest BCUT2D eigenvalue weighted by Crippen LogP contribution is 2.27. The van der Waals surface area contributed by atoms with Crippen molar-refractivity contribution >= 4 is 44.9 Å². The summed E-state index contributed by atoms with van der Waals surface area (Å²) >= 11 is 5.93. The van der Waals surface area contributed by atoms with Crippen LogP contribution in [-0.4, -0.2) is 41.1 Å². The summed E-state index contributed by atoms with van der Waals surface area (Å²) in [7, 11) is -0.921. The van der Waals surface area contributed by atoms with Crippen molar-refractivity contribution in [3.8, 4) is 5.75 Å². The van der Waals surface area contributed by atoms with E-state index >= 15 is 0 Å². The van der Waals surface area contributed by atoms with E-state index in [9.17, 15) is 18.0 Å². The minimum absolute atomic E-state index is 0.0104. The number of sulfonamides is 1. The average Bonchev–Trinajstić information content (AvgIpc) is 2.82. The molecule has 3 aromatic rings. The number of carbonyl (C=O) groups excluding carboxylic acids is 2. The standard InChI is InChI=1S/C23H21ClN2O6S/c1-26(18-6-4-3-5-7-18)33(29,30)19-11-8-16(9-12-19)23(28)32-15-22(27)25-20-14-17(24)10-13-21(20)31-2/h3-14H,15H2,1-2H3,(H,25,27). The van der Waals surface area contributed by atoms with Crippen molar-refractivity contribution in [3.05, 3.63) is 83.4 Å². The zero-order valence-corrected chi connectivity index (χ0v) is 19.4. The number of esters is 1. The number of methoxy groups -OCH3 is 1. The van der Waals surface area contributed by atoms with Gasteiger partial charge in [-0.3, -0.25) is 9.10 Å². The van der Waals surface area contributed by atoms with Crippen LogP contribution < -0.4 is 14.4 Å². The summed E-state index contributed by atoms with van der Waals surface area (Å²) < 4.78 is 36.9. The molecule has 1 N–H and O–H groups in total. The molecule has 172 valence electrons. The van der Waals surface area contributed by atoms with E-state index in [-0.39, 0.29) is 10.5 Å². The lowest BCUT2D eigenvalue weighted by atomic mass is 10.2. The number of para-hydroxylation sites is 1. The van der Waals surface area contributed by atoms with Gasteiger partial charge >= 0.3 is 5.97 Å². The lowest BCUT2D eigenvalue weighted by Gasteiger charge is -2.19. The van der Waals surface area contributed by atoms with Crippen molar-refractivity contribution < 1.29 is 27.5 Å². The molecule has 3 aromatic carbocycles. The first-order chi connectivity index (χ1) is 15.7. The first-order valence-electron chi connectivity index (χ1n) is 9.67. The van der Waals surface area contributed by atoms with Crippen LogP contribution in [-0.2, 0) is 19.6 Å². The molecule has 0 saturated heterocycles. The maximum Gasteiger partial charge on any atom is 0.338 e. The van der Waals surface area contributed by atoms with Gasteiger partial charge in [0.25, 0.3) is 15.9 Å². The van der Waals surface area contributed by atoms with Gasteiger partial charge in [0.2, 0.25) is 0 Å². The number of nitrogens with one attached hydrogen (secondary N) is 1. The lowest BCUT2D eigenvalue weighted by Crippen LogP contribution is -2.26. The number of rotatable bonds is 8. The van der Waals surface area contributed by atoms with Crippen molar-refractivity contribution in [2.24, 2.45) is 0 Å². The Morgan fingerprint density at radius 2 is 1.67 bits per heavy atom. The van der Waals surface area contributed by atoms with Gasteiger partial charge in [-0.2, -0.15) is 0 Å². The second kappa shape index (κ2) is 10.4. The number of anilines is 2. The second-order valence-corrected chi connectivity index (χ2v) is 9.21. The van der Waals surface area contributed by atoms with Crippen molar-refractivity contribution in [1.82, 2.24) is 0 Å². The quantitative estimate of drug-likeness (QED) is 0.481. The van der Waals surface area contributed by atoms with Crippen LogP contribution in [0.15, 0.2) is 77.7 Å². The van der Waals surface area contributed by atoms with Gasteiger partial charge in [0.15, 0.2) is 6.61 Å². The molecule has 0 radical (unpaired) electrons. The van der Waals surface area contributed by atoms with Crippen LogP contribution in [0.1, 0.15) is 10.4 Å². The van der Waals surface area contributed by atoms with E-state index in [2.05, 4.69) is 5.32 Å². The van der Waals surface area contributed by atoms with E-state index in [4.69, 9.17) is 21.1 Å². The van der Waals surface area contributed by atoms with Gasteiger partial charge in [0.1, 0.15) is 5.75 Å². The maximum absolute atomic E-state index is 12.8. The van der Waals surface area contributed by atoms with Crippen molar-refractivity contribution in [3.63, 3.8) is 0 Å².